The molecule has 1 aromatic carbocycles. The average molecular weight is 314 g/mol. The normalized spacial score (nSPS) is 25.4. The van der Waals surface area contributed by atoms with E-state index in [4.69, 9.17) is 4.74 Å². The molecule has 1 N–H and O–H groups in total. The van der Waals surface area contributed by atoms with E-state index in [2.05, 4.69) is 22.0 Å². The van der Waals surface area contributed by atoms with Crippen LogP contribution in [0.15, 0.2) is 22.7 Å². The molecule has 2 atom stereocenters. The molecule has 1 fully saturated rings. The highest BCUT2D eigenvalue weighted by atomic mass is 79.9. The SMILES string of the molecule is N#CC1(C(O)c2ccc(Br)c(F)c2)CCCOC1. The second kappa shape index (κ2) is 5.35. The Hall–Kier alpha value is -0.960. The van der Waals surface area contributed by atoms with Crippen molar-refractivity contribution in [3.05, 3.63) is 34.1 Å². The molecule has 2 rings (SSSR count). The first-order valence-electron chi connectivity index (χ1n) is 5.71. The summed E-state index contributed by atoms with van der Waals surface area (Å²) in [6, 6.07) is 6.54. The minimum absolute atomic E-state index is 0.183. The Morgan fingerprint density at radius 3 is 2.89 bits per heavy atom. The minimum atomic E-state index is -1.04. The fourth-order valence-electron chi connectivity index (χ4n) is 2.18. The fourth-order valence-corrected chi connectivity index (χ4v) is 2.43. The summed E-state index contributed by atoms with van der Waals surface area (Å²) < 4.78 is 19.1. The molecule has 18 heavy (non-hydrogen) atoms. The quantitative estimate of drug-likeness (QED) is 0.913. The number of ether oxygens (including phenoxy) is 1. The Kier molecular flexibility index (Phi) is 4.00. The average Bonchev–Trinajstić information content (AvgIpc) is 2.42. The molecule has 0 aromatic heterocycles. The van der Waals surface area contributed by atoms with E-state index in [1.54, 1.807) is 6.07 Å². The molecule has 3 nitrogen and oxygen atoms in total. The third-order valence-corrected chi connectivity index (χ3v) is 3.92. The second-order valence-electron chi connectivity index (χ2n) is 4.50. The molecule has 1 aliphatic rings. The van der Waals surface area contributed by atoms with Gasteiger partial charge >= 0.3 is 0 Å². The molecular formula is C13H13BrFNO2. The van der Waals surface area contributed by atoms with E-state index in [9.17, 15) is 14.8 Å². The van der Waals surface area contributed by atoms with E-state index in [0.717, 1.165) is 6.42 Å². The Labute approximate surface area is 113 Å². The van der Waals surface area contributed by atoms with Crippen molar-refractivity contribution in [2.24, 2.45) is 5.41 Å². The summed E-state index contributed by atoms with van der Waals surface area (Å²) in [6.45, 7) is 0.785. The number of nitrogens with zero attached hydrogens (tertiary/aromatic N) is 1. The minimum Gasteiger partial charge on any atom is -0.387 e. The third-order valence-electron chi connectivity index (χ3n) is 3.28. The van der Waals surface area contributed by atoms with Crippen LogP contribution in [0.1, 0.15) is 24.5 Å². The predicted molar refractivity (Wildman–Crippen MR) is 67.2 cm³/mol. The number of aliphatic hydroxyl groups excluding tert-OH is 1. The maximum absolute atomic E-state index is 13.5. The second-order valence-corrected chi connectivity index (χ2v) is 5.35. The lowest BCUT2D eigenvalue weighted by Crippen LogP contribution is -2.36. The molecule has 0 radical (unpaired) electrons. The topological polar surface area (TPSA) is 53.2 Å². The molecule has 5 heteroatoms. The summed E-state index contributed by atoms with van der Waals surface area (Å²) in [7, 11) is 0. The van der Waals surface area contributed by atoms with Crippen molar-refractivity contribution in [2.45, 2.75) is 18.9 Å². The Balaban J connectivity index is 2.31. The zero-order chi connectivity index (χ0) is 13.2. The lowest BCUT2D eigenvalue weighted by Gasteiger charge is -2.34. The van der Waals surface area contributed by atoms with Gasteiger partial charge < -0.3 is 9.84 Å². The summed E-state index contributed by atoms with van der Waals surface area (Å²) in [6.07, 6.45) is 0.247. The molecule has 0 amide bonds. The van der Waals surface area contributed by atoms with Crippen LogP contribution in [0.25, 0.3) is 0 Å². The van der Waals surface area contributed by atoms with Crippen molar-refractivity contribution in [1.82, 2.24) is 0 Å². The Morgan fingerprint density at radius 1 is 1.56 bits per heavy atom. The molecule has 0 aliphatic carbocycles. The van der Waals surface area contributed by atoms with Gasteiger partial charge in [-0.3, -0.25) is 0 Å². The molecule has 1 aromatic rings. The van der Waals surface area contributed by atoms with Gasteiger partial charge in [-0.15, -0.1) is 0 Å². The molecule has 2 unspecified atom stereocenters. The standard InChI is InChI=1S/C13H13BrFNO2/c14-10-3-2-9(6-11(10)15)12(17)13(7-16)4-1-5-18-8-13/h2-3,6,12,17H,1,4-5,8H2. The summed E-state index contributed by atoms with van der Waals surface area (Å²) in [4.78, 5) is 0. The first kappa shape index (κ1) is 13.5. The molecule has 1 heterocycles. The maximum Gasteiger partial charge on any atom is 0.137 e. The predicted octanol–water partition coefficient (Wildman–Crippen LogP) is 2.94. The van der Waals surface area contributed by atoms with Crippen LogP contribution in [0.2, 0.25) is 0 Å². The van der Waals surface area contributed by atoms with Gasteiger partial charge in [0.2, 0.25) is 0 Å². The summed E-state index contributed by atoms with van der Waals surface area (Å²) >= 11 is 3.06. The van der Waals surface area contributed by atoms with E-state index in [0.29, 0.717) is 23.1 Å². The van der Waals surface area contributed by atoms with Crippen LogP contribution in [0.3, 0.4) is 0 Å². The summed E-state index contributed by atoms with van der Waals surface area (Å²) in [5.41, 5.74) is -0.568. The number of aliphatic hydroxyl groups is 1. The van der Waals surface area contributed by atoms with Crippen molar-refractivity contribution in [2.75, 3.05) is 13.2 Å². The van der Waals surface area contributed by atoms with Gasteiger partial charge in [-0.1, -0.05) is 6.07 Å². The van der Waals surface area contributed by atoms with Gasteiger partial charge in [0.15, 0.2) is 0 Å². The zero-order valence-electron chi connectivity index (χ0n) is 9.70. The highest BCUT2D eigenvalue weighted by Crippen LogP contribution is 2.40. The van der Waals surface area contributed by atoms with Crippen LogP contribution in [0.4, 0.5) is 4.39 Å². The van der Waals surface area contributed by atoms with Crippen molar-refractivity contribution < 1.29 is 14.2 Å². The van der Waals surface area contributed by atoms with Crippen LogP contribution in [0.5, 0.6) is 0 Å². The van der Waals surface area contributed by atoms with Crippen LogP contribution < -0.4 is 0 Å². The van der Waals surface area contributed by atoms with E-state index < -0.39 is 17.3 Å². The molecular weight excluding hydrogens is 301 g/mol. The fraction of sp³-hybridized carbons (Fsp3) is 0.462. The number of hydrogen-bond acceptors (Lipinski definition) is 3. The van der Waals surface area contributed by atoms with Gasteiger partial charge in [-0.2, -0.15) is 5.26 Å². The van der Waals surface area contributed by atoms with Crippen molar-refractivity contribution in [1.29, 1.82) is 5.26 Å². The van der Waals surface area contributed by atoms with Gasteiger partial charge in [0, 0.05) is 6.61 Å². The molecule has 96 valence electrons. The van der Waals surface area contributed by atoms with Gasteiger partial charge in [-0.25, -0.2) is 4.39 Å². The van der Waals surface area contributed by atoms with E-state index in [-0.39, 0.29) is 6.61 Å². The number of nitriles is 1. The molecule has 1 aliphatic heterocycles. The van der Waals surface area contributed by atoms with Crippen LogP contribution in [0, 0.1) is 22.6 Å². The van der Waals surface area contributed by atoms with Crippen LogP contribution in [-0.4, -0.2) is 18.3 Å². The van der Waals surface area contributed by atoms with Gasteiger partial charge in [0.1, 0.15) is 11.2 Å². The lowest BCUT2D eigenvalue weighted by molar-refractivity contribution is -0.0506. The largest absolute Gasteiger partial charge is 0.387 e. The molecule has 0 saturated carbocycles. The molecule has 0 bridgehead atoms. The summed E-state index contributed by atoms with van der Waals surface area (Å²) in [5.74, 6) is -0.448. The summed E-state index contributed by atoms with van der Waals surface area (Å²) in [5, 5.41) is 19.6. The van der Waals surface area contributed by atoms with E-state index >= 15 is 0 Å². The number of hydrogen-bond donors (Lipinski definition) is 1. The number of halogens is 2. The lowest BCUT2D eigenvalue weighted by atomic mass is 9.76. The number of benzene rings is 1. The number of rotatable bonds is 2. The van der Waals surface area contributed by atoms with Gasteiger partial charge in [0.25, 0.3) is 0 Å². The van der Waals surface area contributed by atoms with Gasteiger partial charge in [0.05, 0.1) is 23.3 Å². The monoisotopic (exact) mass is 313 g/mol. The van der Waals surface area contributed by atoms with E-state index in [1.165, 1.54) is 12.1 Å². The molecule has 0 spiro atoms. The van der Waals surface area contributed by atoms with E-state index in [1.807, 2.05) is 0 Å². The third kappa shape index (κ3) is 2.41. The Morgan fingerprint density at radius 2 is 2.33 bits per heavy atom. The zero-order valence-corrected chi connectivity index (χ0v) is 11.3. The highest BCUT2D eigenvalue weighted by Gasteiger charge is 2.41. The van der Waals surface area contributed by atoms with Crippen LogP contribution in [-0.2, 0) is 4.74 Å². The first-order chi connectivity index (χ1) is 8.59. The molecule has 1 saturated heterocycles. The van der Waals surface area contributed by atoms with Crippen molar-refractivity contribution in [3.63, 3.8) is 0 Å². The van der Waals surface area contributed by atoms with Crippen LogP contribution >= 0.6 is 15.9 Å². The highest BCUT2D eigenvalue weighted by molar-refractivity contribution is 9.10. The Bertz CT molecular complexity index is 480. The maximum atomic E-state index is 13.5. The first-order valence-corrected chi connectivity index (χ1v) is 6.50. The van der Waals surface area contributed by atoms with Crippen molar-refractivity contribution in [3.8, 4) is 6.07 Å². The van der Waals surface area contributed by atoms with Gasteiger partial charge in [-0.05, 0) is 46.5 Å². The smallest absolute Gasteiger partial charge is 0.137 e. The van der Waals surface area contributed by atoms with Crippen molar-refractivity contribution >= 4 is 15.9 Å².